The molecule has 0 aliphatic rings. The molecule has 0 spiro atoms. The first-order chi connectivity index (χ1) is 14.1. The zero-order chi connectivity index (χ0) is 21.9. The largest absolute Gasteiger partial charge is 0.460 e. The first kappa shape index (κ1) is 21.0. The molecule has 8 heteroatoms. The molecule has 30 heavy (non-hydrogen) atoms. The van der Waals surface area contributed by atoms with E-state index in [4.69, 9.17) is 15.9 Å². The Bertz CT molecular complexity index is 1090. The molecule has 3 rings (SSSR count). The third kappa shape index (κ3) is 5.22. The van der Waals surface area contributed by atoms with Crippen LogP contribution in [0.4, 0.5) is 0 Å². The summed E-state index contributed by atoms with van der Waals surface area (Å²) in [6.07, 6.45) is 3.73. The van der Waals surface area contributed by atoms with E-state index in [2.05, 4.69) is 10.3 Å². The number of nitrogens with one attached hydrogen (secondary N) is 2. The number of hydrogen-bond donors (Lipinski definition) is 3. The number of nitrogens with zero attached hydrogens (tertiary/aromatic N) is 2. The van der Waals surface area contributed by atoms with Gasteiger partial charge in [-0.05, 0) is 32.9 Å². The van der Waals surface area contributed by atoms with Crippen LogP contribution in [0, 0.1) is 5.41 Å². The molecule has 0 aliphatic carbocycles. The van der Waals surface area contributed by atoms with Crippen molar-refractivity contribution in [1.82, 2.24) is 14.7 Å². The number of carbonyl (C=O) groups excluding carboxylic acids is 2. The first-order valence-electron chi connectivity index (χ1n) is 9.56. The van der Waals surface area contributed by atoms with Crippen molar-refractivity contribution < 1.29 is 14.3 Å². The van der Waals surface area contributed by atoms with Crippen LogP contribution in [0.3, 0.4) is 0 Å². The molecule has 0 saturated heterocycles. The van der Waals surface area contributed by atoms with Crippen LogP contribution in [-0.2, 0) is 9.53 Å². The second kappa shape index (κ2) is 8.36. The fourth-order valence-corrected chi connectivity index (χ4v) is 2.86. The molecule has 0 saturated carbocycles. The number of ether oxygens (including phenoxy) is 1. The van der Waals surface area contributed by atoms with Crippen molar-refractivity contribution in [2.24, 2.45) is 5.73 Å². The lowest BCUT2D eigenvalue weighted by atomic mass is 10.1. The Labute approximate surface area is 174 Å². The minimum atomic E-state index is -0.545. The number of amides is 1. The second-order valence-corrected chi connectivity index (χ2v) is 7.89. The summed E-state index contributed by atoms with van der Waals surface area (Å²) < 4.78 is 7.05. The number of pyridine rings is 1. The number of fused-ring (bicyclic) bond motifs is 1. The number of rotatable bonds is 6. The Kier molecular flexibility index (Phi) is 5.86. The highest BCUT2D eigenvalue weighted by atomic mass is 16.6. The Morgan fingerprint density at radius 1 is 1.17 bits per heavy atom. The van der Waals surface area contributed by atoms with Crippen molar-refractivity contribution in [3.63, 3.8) is 0 Å². The van der Waals surface area contributed by atoms with E-state index in [1.807, 2.05) is 22.7 Å². The van der Waals surface area contributed by atoms with Gasteiger partial charge >= 0.3 is 5.97 Å². The average molecular weight is 407 g/mol. The van der Waals surface area contributed by atoms with E-state index >= 15 is 0 Å². The van der Waals surface area contributed by atoms with Crippen molar-refractivity contribution in [3.05, 3.63) is 59.9 Å². The van der Waals surface area contributed by atoms with Gasteiger partial charge in [-0.1, -0.05) is 24.3 Å². The molecule has 0 atom stereocenters. The summed E-state index contributed by atoms with van der Waals surface area (Å²) in [4.78, 5) is 28.7. The van der Waals surface area contributed by atoms with Crippen LogP contribution < -0.4 is 11.1 Å². The molecule has 1 amide bonds. The predicted octanol–water partition coefficient (Wildman–Crippen LogP) is 2.75. The van der Waals surface area contributed by atoms with Crippen LogP contribution in [0.15, 0.2) is 48.8 Å². The Morgan fingerprint density at radius 2 is 1.87 bits per heavy atom. The number of amidine groups is 1. The van der Waals surface area contributed by atoms with E-state index in [9.17, 15) is 9.59 Å². The lowest BCUT2D eigenvalue weighted by Crippen LogP contribution is -2.29. The Hall–Kier alpha value is -3.68. The molecule has 0 aliphatic heterocycles. The summed E-state index contributed by atoms with van der Waals surface area (Å²) in [6, 6.07) is 10.6. The summed E-state index contributed by atoms with van der Waals surface area (Å²) >= 11 is 0. The van der Waals surface area contributed by atoms with Crippen molar-refractivity contribution >= 4 is 23.4 Å². The van der Waals surface area contributed by atoms with Gasteiger partial charge in [-0.15, -0.1) is 0 Å². The van der Waals surface area contributed by atoms with Crippen molar-refractivity contribution in [2.45, 2.75) is 32.8 Å². The third-order valence-electron chi connectivity index (χ3n) is 4.25. The molecule has 0 unspecified atom stereocenters. The van der Waals surface area contributed by atoms with E-state index < -0.39 is 5.60 Å². The van der Waals surface area contributed by atoms with Crippen LogP contribution in [0.5, 0.6) is 0 Å². The van der Waals surface area contributed by atoms with Gasteiger partial charge in [0.25, 0.3) is 5.91 Å². The fourth-order valence-electron chi connectivity index (χ4n) is 2.86. The molecular formula is C22H25N5O3. The second-order valence-electron chi connectivity index (χ2n) is 7.89. The maximum absolute atomic E-state index is 12.4. The van der Waals surface area contributed by atoms with Crippen LogP contribution >= 0.6 is 0 Å². The van der Waals surface area contributed by atoms with Gasteiger partial charge in [0.05, 0.1) is 12.1 Å². The van der Waals surface area contributed by atoms with Crippen LogP contribution in [0.2, 0.25) is 0 Å². The molecule has 8 nitrogen and oxygen atoms in total. The summed E-state index contributed by atoms with van der Waals surface area (Å²) in [7, 11) is 0. The van der Waals surface area contributed by atoms with E-state index in [0.717, 1.165) is 11.3 Å². The first-order valence-corrected chi connectivity index (χ1v) is 9.56. The quantitative estimate of drug-likeness (QED) is 0.329. The minimum Gasteiger partial charge on any atom is -0.460 e. The fraction of sp³-hybridized carbons (Fsp3) is 0.273. The van der Waals surface area contributed by atoms with Crippen molar-refractivity contribution in [2.75, 3.05) is 6.54 Å². The zero-order valence-electron chi connectivity index (χ0n) is 17.2. The van der Waals surface area contributed by atoms with Crippen LogP contribution in [0.1, 0.15) is 43.1 Å². The highest BCUT2D eigenvalue weighted by Gasteiger charge is 2.16. The number of aromatic nitrogens is 2. The van der Waals surface area contributed by atoms with Crippen molar-refractivity contribution in [3.8, 4) is 11.3 Å². The SMILES string of the molecule is CC(C)(C)OC(=O)CCNC(=O)c1ccn2cc(-c3ccc(C(=N)N)cc3)nc2c1. The maximum Gasteiger partial charge on any atom is 0.308 e. The third-order valence-corrected chi connectivity index (χ3v) is 4.25. The number of hydrogen-bond acceptors (Lipinski definition) is 5. The van der Waals surface area contributed by atoms with E-state index in [1.165, 1.54) is 0 Å². The zero-order valence-corrected chi connectivity index (χ0v) is 17.2. The molecule has 1 aromatic carbocycles. The predicted molar refractivity (Wildman–Crippen MR) is 114 cm³/mol. The normalized spacial score (nSPS) is 11.3. The van der Waals surface area contributed by atoms with Crippen molar-refractivity contribution in [1.29, 1.82) is 5.41 Å². The molecule has 4 N–H and O–H groups in total. The van der Waals surface area contributed by atoms with Gasteiger partial charge < -0.3 is 20.2 Å². The highest BCUT2D eigenvalue weighted by Crippen LogP contribution is 2.20. The molecule has 156 valence electrons. The number of carbonyl (C=O) groups is 2. The number of nitrogens with two attached hydrogens (primary N) is 1. The Balaban J connectivity index is 1.67. The Morgan fingerprint density at radius 3 is 2.50 bits per heavy atom. The summed E-state index contributed by atoms with van der Waals surface area (Å²) in [5, 5.41) is 10.2. The van der Waals surface area contributed by atoms with Gasteiger partial charge in [0.1, 0.15) is 17.1 Å². The summed E-state index contributed by atoms with van der Waals surface area (Å²) in [6.45, 7) is 5.60. The lowest BCUT2D eigenvalue weighted by molar-refractivity contribution is -0.154. The summed E-state index contributed by atoms with van der Waals surface area (Å²) in [5.74, 6) is -0.623. The molecular weight excluding hydrogens is 382 g/mol. The minimum absolute atomic E-state index is 0.0128. The summed E-state index contributed by atoms with van der Waals surface area (Å²) in [5.41, 5.74) is 8.29. The molecule has 0 fully saturated rings. The standard InChI is InChI=1S/C22H25N5O3/c1-22(2,3)30-19(28)8-10-25-21(29)16-9-11-27-13-17(26-18(27)12-16)14-4-6-15(7-5-14)20(23)24/h4-7,9,11-13H,8,10H2,1-3H3,(H3,23,24)(H,25,29). The number of nitrogen functional groups attached to an aromatic ring is 1. The average Bonchev–Trinajstić information content (AvgIpc) is 3.09. The molecule has 2 aromatic heterocycles. The number of benzene rings is 1. The molecule has 2 heterocycles. The van der Waals surface area contributed by atoms with E-state index in [1.54, 1.807) is 51.2 Å². The van der Waals surface area contributed by atoms with Gasteiger partial charge in [0.15, 0.2) is 0 Å². The monoisotopic (exact) mass is 407 g/mol. The number of imidazole rings is 1. The van der Waals surface area contributed by atoms with Gasteiger partial charge in [0.2, 0.25) is 0 Å². The van der Waals surface area contributed by atoms with E-state index in [-0.39, 0.29) is 30.7 Å². The number of esters is 1. The molecule has 0 bridgehead atoms. The van der Waals surface area contributed by atoms with Crippen LogP contribution in [0.25, 0.3) is 16.9 Å². The lowest BCUT2D eigenvalue weighted by Gasteiger charge is -2.19. The smallest absolute Gasteiger partial charge is 0.308 e. The van der Waals surface area contributed by atoms with Gasteiger partial charge in [-0.2, -0.15) is 0 Å². The molecule has 3 aromatic rings. The van der Waals surface area contributed by atoms with Gasteiger partial charge in [-0.25, -0.2) is 4.98 Å². The van der Waals surface area contributed by atoms with E-state index in [0.29, 0.717) is 16.8 Å². The maximum atomic E-state index is 12.4. The van der Waals surface area contributed by atoms with Gasteiger partial charge in [0, 0.05) is 35.6 Å². The van der Waals surface area contributed by atoms with Gasteiger partial charge in [-0.3, -0.25) is 15.0 Å². The highest BCUT2D eigenvalue weighted by molar-refractivity contribution is 5.96. The topological polar surface area (TPSA) is 123 Å². The molecule has 0 radical (unpaired) electrons. The van der Waals surface area contributed by atoms with Crippen LogP contribution in [-0.4, -0.2) is 39.2 Å².